The Morgan fingerprint density at radius 1 is 1.15 bits per heavy atom. The number of hydrogen-bond acceptors (Lipinski definition) is 2. The Morgan fingerprint density at radius 2 is 1.85 bits per heavy atom. The molecule has 13 heavy (non-hydrogen) atoms. The van der Waals surface area contributed by atoms with Gasteiger partial charge in [0.1, 0.15) is 0 Å². The van der Waals surface area contributed by atoms with E-state index in [1.807, 2.05) is 18.2 Å². The molecule has 0 aliphatic heterocycles. The SMILES string of the molecule is COCCC(OC)c1ccccc1. The normalized spacial score (nSPS) is 12.8. The van der Waals surface area contributed by atoms with E-state index in [4.69, 9.17) is 9.47 Å². The third kappa shape index (κ3) is 3.17. The lowest BCUT2D eigenvalue weighted by Gasteiger charge is -2.14. The molecule has 0 N–H and O–H groups in total. The highest BCUT2D eigenvalue weighted by Gasteiger charge is 2.08. The van der Waals surface area contributed by atoms with Crippen molar-refractivity contribution in [2.75, 3.05) is 20.8 Å². The first-order chi connectivity index (χ1) is 6.38. The quantitative estimate of drug-likeness (QED) is 0.692. The van der Waals surface area contributed by atoms with E-state index < -0.39 is 0 Å². The third-order valence-electron chi connectivity index (χ3n) is 2.04. The van der Waals surface area contributed by atoms with Gasteiger partial charge in [-0.15, -0.1) is 0 Å². The molecule has 0 aliphatic carbocycles. The monoisotopic (exact) mass is 180 g/mol. The van der Waals surface area contributed by atoms with Crippen molar-refractivity contribution in [1.29, 1.82) is 0 Å². The van der Waals surface area contributed by atoms with Crippen molar-refractivity contribution in [3.8, 4) is 0 Å². The van der Waals surface area contributed by atoms with Crippen LogP contribution in [0.2, 0.25) is 0 Å². The van der Waals surface area contributed by atoms with Crippen molar-refractivity contribution in [3.05, 3.63) is 35.9 Å². The average molecular weight is 180 g/mol. The summed E-state index contributed by atoms with van der Waals surface area (Å²) in [6, 6.07) is 10.2. The molecule has 1 unspecified atom stereocenters. The van der Waals surface area contributed by atoms with Crippen LogP contribution >= 0.6 is 0 Å². The molecule has 0 amide bonds. The molecule has 0 saturated heterocycles. The van der Waals surface area contributed by atoms with Gasteiger partial charge in [-0.25, -0.2) is 0 Å². The highest BCUT2D eigenvalue weighted by molar-refractivity contribution is 5.17. The van der Waals surface area contributed by atoms with Gasteiger partial charge in [0, 0.05) is 27.2 Å². The van der Waals surface area contributed by atoms with E-state index in [2.05, 4.69) is 12.1 Å². The van der Waals surface area contributed by atoms with Gasteiger partial charge in [0.2, 0.25) is 0 Å². The minimum absolute atomic E-state index is 0.154. The van der Waals surface area contributed by atoms with E-state index in [1.54, 1.807) is 14.2 Å². The fourth-order valence-electron chi connectivity index (χ4n) is 1.31. The molecule has 0 saturated carbocycles. The Kier molecular flexibility index (Phi) is 4.50. The first kappa shape index (κ1) is 10.2. The van der Waals surface area contributed by atoms with Crippen molar-refractivity contribution >= 4 is 0 Å². The molecule has 0 heterocycles. The molecule has 72 valence electrons. The van der Waals surface area contributed by atoms with Gasteiger partial charge in [-0.3, -0.25) is 0 Å². The van der Waals surface area contributed by atoms with Gasteiger partial charge in [0.05, 0.1) is 6.10 Å². The molecule has 1 rings (SSSR count). The Balaban J connectivity index is 2.56. The van der Waals surface area contributed by atoms with Gasteiger partial charge in [0.25, 0.3) is 0 Å². The second-order valence-electron chi connectivity index (χ2n) is 2.92. The van der Waals surface area contributed by atoms with Crippen LogP contribution in [-0.4, -0.2) is 20.8 Å². The van der Waals surface area contributed by atoms with Gasteiger partial charge in [-0.1, -0.05) is 30.3 Å². The van der Waals surface area contributed by atoms with Crippen LogP contribution in [0.15, 0.2) is 30.3 Å². The molecule has 2 nitrogen and oxygen atoms in total. The lowest BCUT2D eigenvalue weighted by atomic mass is 10.1. The maximum Gasteiger partial charge on any atom is 0.0843 e. The van der Waals surface area contributed by atoms with Crippen LogP contribution in [0, 0.1) is 0 Å². The van der Waals surface area contributed by atoms with Crippen LogP contribution in [0.4, 0.5) is 0 Å². The molecule has 1 aromatic carbocycles. The molecular weight excluding hydrogens is 164 g/mol. The minimum Gasteiger partial charge on any atom is -0.385 e. The number of benzene rings is 1. The van der Waals surface area contributed by atoms with Crippen molar-refractivity contribution in [1.82, 2.24) is 0 Å². The predicted octanol–water partition coefficient (Wildman–Crippen LogP) is 2.41. The largest absolute Gasteiger partial charge is 0.385 e. The molecular formula is C11H16O2. The second kappa shape index (κ2) is 5.73. The molecule has 1 aromatic rings. The Bertz CT molecular complexity index is 221. The number of rotatable bonds is 5. The smallest absolute Gasteiger partial charge is 0.0843 e. The highest BCUT2D eigenvalue weighted by atomic mass is 16.5. The zero-order valence-electron chi connectivity index (χ0n) is 8.19. The van der Waals surface area contributed by atoms with Gasteiger partial charge >= 0.3 is 0 Å². The molecule has 2 heteroatoms. The summed E-state index contributed by atoms with van der Waals surface area (Å²) < 4.78 is 10.4. The summed E-state index contributed by atoms with van der Waals surface area (Å²) in [6.07, 6.45) is 1.05. The van der Waals surface area contributed by atoms with Crippen LogP contribution in [0.1, 0.15) is 18.1 Å². The van der Waals surface area contributed by atoms with Crippen molar-refractivity contribution in [3.63, 3.8) is 0 Å². The summed E-state index contributed by atoms with van der Waals surface area (Å²) in [5.41, 5.74) is 1.21. The molecule has 0 aromatic heterocycles. The Labute approximate surface area is 79.5 Å². The fourth-order valence-corrected chi connectivity index (χ4v) is 1.31. The summed E-state index contributed by atoms with van der Waals surface area (Å²) in [6.45, 7) is 0.730. The summed E-state index contributed by atoms with van der Waals surface area (Å²) in [4.78, 5) is 0. The lowest BCUT2D eigenvalue weighted by Crippen LogP contribution is -2.04. The maximum absolute atomic E-state index is 5.36. The molecule has 0 aliphatic rings. The number of hydrogen-bond donors (Lipinski definition) is 0. The van der Waals surface area contributed by atoms with Crippen LogP contribution in [-0.2, 0) is 9.47 Å². The zero-order valence-corrected chi connectivity index (χ0v) is 8.19. The van der Waals surface area contributed by atoms with Crippen LogP contribution in [0.5, 0.6) is 0 Å². The standard InChI is InChI=1S/C11H16O2/c1-12-9-8-11(13-2)10-6-4-3-5-7-10/h3-7,11H,8-9H2,1-2H3. The van der Waals surface area contributed by atoms with Crippen molar-refractivity contribution < 1.29 is 9.47 Å². The van der Waals surface area contributed by atoms with E-state index >= 15 is 0 Å². The molecule has 0 bridgehead atoms. The van der Waals surface area contributed by atoms with Crippen molar-refractivity contribution in [2.45, 2.75) is 12.5 Å². The topological polar surface area (TPSA) is 18.5 Å². The van der Waals surface area contributed by atoms with Gasteiger partial charge < -0.3 is 9.47 Å². The number of methoxy groups -OCH3 is 2. The molecule has 0 spiro atoms. The van der Waals surface area contributed by atoms with Crippen LogP contribution in [0.3, 0.4) is 0 Å². The third-order valence-corrected chi connectivity index (χ3v) is 2.04. The van der Waals surface area contributed by atoms with E-state index in [-0.39, 0.29) is 6.10 Å². The predicted molar refractivity (Wildman–Crippen MR) is 52.7 cm³/mol. The van der Waals surface area contributed by atoms with Crippen LogP contribution in [0.25, 0.3) is 0 Å². The fraction of sp³-hybridized carbons (Fsp3) is 0.455. The van der Waals surface area contributed by atoms with E-state index in [0.29, 0.717) is 0 Å². The molecule has 0 fully saturated rings. The minimum atomic E-state index is 0.154. The Morgan fingerprint density at radius 3 is 2.38 bits per heavy atom. The first-order valence-corrected chi connectivity index (χ1v) is 4.45. The average Bonchev–Trinajstić information content (AvgIpc) is 2.21. The van der Waals surface area contributed by atoms with Crippen LogP contribution < -0.4 is 0 Å². The maximum atomic E-state index is 5.36. The van der Waals surface area contributed by atoms with Gasteiger partial charge in [-0.2, -0.15) is 0 Å². The van der Waals surface area contributed by atoms with E-state index in [9.17, 15) is 0 Å². The molecule has 1 atom stereocenters. The van der Waals surface area contributed by atoms with Crippen molar-refractivity contribution in [2.24, 2.45) is 0 Å². The van der Waals surface area contributed by atoms with Gasteiger partial charge in [-0.05, 0) is 5.56 Å². The second-order valence-corrected chi connectivity index (χ2v) is 2.92. The summed E-state index contributed by atoms with van der Waals surface area (Å²) in [7, 11) is 3.44. The van der Waals surface area contributed by atoms with E-state index in [1.165, 1.54) is 5.56 Å². The summed E-state index contributed by atoms with van der Waals surface area (Å²) in [5.74, 6) is 0. The zero-order chi connectivity index (χ0) is 9.52. The number of ether oxygens (including phenoxy) is 2. The summed E-state index contributed by atoms with van der Waals surface area (Å²) >= 11 is 0. The van der Waals surface area contributed by atoms with E-state index in [0.717, 1.165) is 13.0 Å². The van der Waals surface area contributed by atoms with Gasteiger partial charge in [0.15, 0.2) is 0 Å². The lowest BCUT2D eigenvalue weighted by molar-refractivity contribution is 0.0662. The Hall–Kier alpha value is -0.860. The summed E-state index contributed by atoms with van der Waals surface area (Å²) in [5, 5.41) is 0. The first-order valence-electron chi connectivity index (χ1n) is 4.45. The molecule has 0 radical (unpaired) electrons. The highest BCUT2D eigenvalue weighted by Crippen LogP contribution is 2.19.